The fourth-order valence-electron chi connectivity index (χ4n) is 4.93. The predicted octanol–water partition coefficient (Wildman–Crippen LogP) is 3.08. The maximum atomic E-state index is 5.86. The molecule has 0 amide bonds. The molecule has 3 rings (SSSR count). The van der Waals surface area contributed by atoms with Crippen molar-refractivity contribution in [1.29, 1.82) is 0 Å². The summed E-state index contributed by atoms with van der Waals surface area (Å²) in [5.74, 6) is 10.8. The van der Waals surface area contributed by atoms with E-state index in [1.165, 1.54) is 51.4 Å². The molecule has 0 aromatic rings. The Bertz CT molecular complexity index is 248. The Kier molecular flexibility index (Phi) is 3.45. The van der Waals surface area contributed by atoms with Crippen molar-refractivity contribution in [3.05, 3.63) is 0 Å². The van der Waals surface area contributed by atoms with Crippen LogP contribution in [-0.2, 0) is 0 Å². The van der Waals surface area contributed by atoms with Crippen LogP contribution in [-0.4, -0.2) is 6.04 Å². The van der Waals surface area contributed by atoms with E-state index in [1.54, 1.807) is 0 Å². The van der Waals surface area contributed by atoms with Gasteiger partial charge >= 0.3 is 0 Å². The van der Waals surface area contributed by atoms with E-state index in [4.69, 9.17) is 5.84 Å². The highest BCUT2D eigenvalue weighted by molar-refractivity contribution is 5.07. The number of hydrogen-bond donors (Lipinski definition) is 2. The van der Waals surface area contributed by atoms with Crippen LogP contribution in [0, 0.1) is 29.6 Å². The molecule has 0 saturated heterocycles. The molecule has 3 aliphatic rings. The Hall–Kier alpha value is -0.0800. The number of rotatable bonds is 4. The van der Waals surface area contributed by atoms with Gasteiger partial charge < -0.3 is 0 Å². The van der Waals surface area contributed by atoms with Gasteiger partial charge in [-0.1, -0.05) is 32.6 Å². The molecule has 0 aliphatic heterocycles. The van der Waals surface area contributed by atoms with Crippen molar-refractivity contribution in [2.24, 2.45) is 35.4 Å². The second-order valence-electron chi connectivity index (χ2n) is 6.72. The van der Waals surface area contributed by atoms with E-state index in [2.05, 4.69) is 12.3 Å². The molecule has 2 heteroatoms. The van der Waals surface area contributed by atoms with Crippen molar-refractivity contribution in [2.75, 3.05) is 0 Å². The third-order valence-corrected chi connectivity index (χ3v) is 6.06. The van der Waals surface area contributed by atoms with E-state index in [9.17, 15) is 0 Å². The second-order valence-corrected chi connectivity index (χ2v) is 6.72. The molecular weight excluding hydrogens is 208 g/mol. The number of hydrazine groups is 1. The van der Waals surface area contributed by atoms with Gasteiger partial charge in [-0.2, -0.15) is 0 Å². The van der Waals surface area contributed by atoms with Crippen molar-refractivity contribution in [3.8, 4) is 0 Å². The average molecular weight is 236 g/mol. The van der Waals surface area contributed by atoms with Gasteiger partial charge in [-0.3, -0.25) is 11.3 Å². The maximum Gasteiger partial charge on any atom is 0.0272 e. The first kappa shape index (κ1) is 12.0. The van der Waals surface area contributed by atoms with Gasteiger partial charge in [-0.15, -0.1) is 0 Å². The predicted molar refractivity (Wildman–Crippen MR) is 71.2 cm³/mol. The Morgan fingerprint density at radius 1 is 1.06 bits per heavy atom. The lowest BCUT2D eigenvalue weighted by molar-refractivity contribution is 0.194. The van der Waals surface area contributed by atoms with Crippen LogP contribution in [0.25, 0.3) is 0 Å². The van der Waals surface area contributed by atoms with Gasteiger partial charge in [0.15, 0.2) is 0 Å². The summed E-state index contributed by atoms with van der Waals surface area (Å²) in [7, 11) is 0. The van der Waals surface area contributed by atoms with E-state index >= 15 is 0 Å². The minimum Gasteiger partial charge on any atom is -0.271 e. The molecule has 98 valence electrons. The molecule has 0 spiro atoms. The molecular formula is C15H28N2. The maximum absolute atomic E-state index is 5.86. The molecule has 0 radical (unpaired) electrons. The lowest BCUT2D eigenvalue weighted by Gasteiger charge is -2.34. The van der Waals surface area contributed by atoms with Crippen LogP contribution in [0.4, 0.5) is 0 Å². The molecule has 0 bridgehead atoms. The quantitative estimate of drug-likeness (QED) is 0.581. The van der Waals surface area contributed by atoms with E-state index in [1.807, 2.05) is 0 Å². The highest BCUT2D eigenvalue weighted by atomic mass is 15.2. The van der Waals surface area contributed by atoms with Crippen molar-refractivity contribution in [3.63, 3.8) is 0 Å². The summed E-state index contributed by atoms with van der Waals surface area (Å²) < 4.78 is 0. The first-order valence-corrected chi connectivity index (χ1v) is 7.81. The summed E-state index contributed by atoms with van der Waals surface area (Å²) >= 11 is 0. The normalized spacial score (nSPS) is 46.6. The van der Waals surface area contributed by atoms with Crippen LogP contribution >= 0.6 is 0 Å². The lowest BCUT2D eigenvalue weighted by atomic mass is 9.76. The van der Waals surface area contributed by atoms with Crippen LogP contribution in [0.1, 0.15) is 58.3 Å². The molecule has 0 aromatic carbocycles. The van der Waals surface area contributed by atoms with E-state index < -0.39 is 0 Å². The summed E-state index contributed by atoms with van der Waals surface area (Å²) in [6.45, 7) is 2.34. The van der Waals surface area contributed by atoms with Gasteiger partial charge in [0.1, 0.15) is 0 Å². The number of hydrogen-bond acceptors (Lipinski definition) is 2. The second kappa shape index (κ2) is 4.89. The zero-order valence-electron chi connectivity index (χ0n) is 11.2. The van der Waals surface area contributed by atoms with Crippen LogP contribution in [0.5, 0.6) is 0 Å². The molecule has 0 aromatic heterocycles. The van der Waals surface area contributed by atoms with E-state index in [0.717, 1.165) is 29.6 Å². The highest BCUT2D eigenvalue weighted by Gasteiger charge is 2.56. The monoisotopic (exact) mass is 236 g/mol. The minimum absolute atomic E-state index is 0.642. The Labute approximate surface area is 106 Å². The molecule has 3 saturated carbocycles. The van der Waals surface area contributed by atoms with Crippen molar-refractivity contribution in [1.82, 2.24) is 5.43 Å². The summed E-state index contributed by atoms with van der Waals surface area (Å²) in [5, 5.41) is 0. The molecule has 3 N–H and O–H groups in total. The Balaban J connectivity index is 1.55. The van der Waals surface area contributed by atoms with E-state index in [0.29, 0.717) is 6.04 Å². The largest absolute Gasteiger partial charge is 0.271 e. The van der Waals surface area contributed by atoms with E-state index in [-0.39, 0.29) is 0 Å². The van der Waals surface area contributed by atoms with Gasteiger partial charge in [0.05, 0.1) is 0 Å². The Morgan fingerprint density at radius 2 is 1.71 bits per heavy atom. The van der Waals surface area contributed by atoms with Crippen LogP contribution in [0.3, 0.4) is 0 Å². The lowest BCUT2D eigenvalue weighted by Crippen LogP contribution is -2.44. The minimum atomic E-state index is 0.642. The molecule has 0 heterocycles. The third kappa shape index (κ3) is 2.15. The van der Waals surface area contributed by atoms with Crippen molar-refractivity contribution >= 4 is 0 Å². The van der Waals surface area contributed by atoms with Crippen LogP contribution in [0.15, 0.2) is 0 Å². The highest BCUT2D eigenvalue weighted by Crippen LogP contribution is 2.60. The molecule has 3 atom stereocenters. The summed E-state index contributed by atoms with van der Waals surface area (Å²) in [5.41, 5.74) is 3.20. The van der Waals surface area contributed by atoms with Crippen LogP contribution < -0.4 is 11.3 Å². The fraction of sp³-hybridized carbons (Fsp3) is 1.00. The zero-order chi connectivity index (χ0) is 11.8. The SMILES string of the molecule is CCC1CCC(C(NN)C2C3CCCC32)CC1. The first-order chi connectivity index (χ1) is 8.35. The number of nitrogens with one attached hydrogen (secondary N) is 1. The summed E-state index contributed by atoms with van der Waals surface area (Å²) in [6, 6.07) is 0.642. The zero-order valence-corrected chi connectivity index (χ0v) is 11.2. The fourth-order valence-corrected chi connectivity index (χ4v) is 4.93. The first-order valence-electron chi connectivity index (χ1n) is 7.81. The molecule has 3 fully saturated rings. The summed E-state index contributed by atoms with van der Waals surface area (Å²) in [6.07, 6.45) is 11.6. The average Bonchev–Trinajstić information content (AvgIpc) is 2.85. The summed E-state index contributed by atoms with van der Waals surface area (Å²) in [4.78, 5) is 0. The van der Waals surface area contributed by atoms with Gasteiger partial charge in [0, 0.05) is 6.04 Å². The van der Waals surface area contributed by atoms with Crippen LogP contribution in [0.2, 0.25) is 0 Å². The van der Waals surface area contributed by atoms with Crippen molar-refractivity contribution < 1.29 is 0 Å². The van der Waals surface area contributed by atoms with Gasteiger partial charge in [-0.25, -0.2) is 0 Å². The molecule has 3 unspecified atom stereocenters. The molecule has 17 heavy (non-hydrogen) atoms. The van der Waals surface area contributed by atoms with Gasteiger partial charge in [-0.05, 0) is 55.3 Å². The standard InChI is InChI=1S/C15H28N2/c1-2-10-6-8-11(9-7-10)15(17-16)14-12-4-3-5-13(12)14/h10-15,17H,2-9,16H2,1H3. The number of nitrogens with two attached hydrogens (primary N) is 1. The van der Waals surface area contributed by atoms with Gasteiger partial charge in [0.2, 0.25) is 0 Å². The van der Waals surface area contributed by atoms with Crippen molar-refractivity contribution in [2.45, 2.75) is 64.3 Å². The third-order valence-electron chi connectivity index (χ3n) is 6.06. The smallest absolute Gasteiger partial charge is 0.0272 e. The molecule has 3 aliphatic carbocycles. The van der Waals surface area contributed by atoms with Gasteiger partial charge in [0.25, 0.3) is 0 Å². The Morgan fingerprint density at radius 3 is 2.24 bits per heavy atom. The topological polar surface area (TPSA) is 38.0 Å². The number of fused-ring (bicyclic) bond motifs is 1. The molecule has 2 nitrogen and oxygen atoms in total.